The average molecular weight is 249 g/mol. The van der Waals surface area contributed by atoms with E-state index in [2.05, 4.69) is 47.4 Å². The Morgan fingerprint density at radius 2 is 1.68 bits per heavy atom. The Hall–Kier alpha value is -2.55. The smallest absolute Gasteiger partial charge is 0.204 e. The van der Waals surface area contributed by atoms with Gasteiger partial charge in [0.1, 0.15) is 0 Å². The van der Waals surface area contributed by atoms with Gasteiger partial charge in [0.25, 0.3) is 0 Å². The Morgan fingerprint density at radius 1 is 0.947 bits per heavy atom. The summed E-state index contributed by atoms with van der Waals surface area (Å²) in [5.74, 6) is 0.514. The van der Waals surface area contributed by atoms with E-state index in [1.807, 2.05) is 22.9 Å². The highest BCUT2D eigenvalue weighted by molar-refractivity contribution is 5.47. The van der Waals surface area contributed by atoms with Gasteiger partial charge in [-0.3, -0.25) is 4.57 Å². The number of aromatic nitrogens is 2. The molecule has 0 atom stereocenters. The summed E-state index contributed by atoms with van der Waals surface area (Å²) >= 11 is 0. The van der Waals surface area contributed by atoms with E-state index in [9.17, 15) is 0 Å². The molecule has 3 heteroatoms. The number of rotatable bonds is 3. The van der Waals surface area contributed by atoms with Crippen LogP contribution in [0.25, 0.3) is 5.69 Å². The maximum atomic E-state index is 5.89. The summed E-state index contributed by atoms with van der Waals surface area (Å²) in [6, 6.07) is 18.7. The normalized spacial score (nSPS) is 10.5. The number of nitrogen functional groups attached to an aromatic ring is 1. The van der Waals surface area contributed by atoms with E-state index in [0.717, 1.165) is 12.1 Å². The highest BCUT2D eigenvalue weighted by atomic mass is 15.1. The summed E-state index contributed by atoms with van der Waals surface area (Å²) in [5, 5.41) is 0. The molecule has 1 aromatic heterocycles. The summed E-state index contributed by atoms with van der Waals surface area (Å²) < 4.78 is 1.91. The summed E-state index contributed by atoms with van der Waals surface area (Å²) in [4.78, 5) is 4.08. The molecule has 0 fully saturated rings. The molecule has 94 valence electrons. The van der Waals surface area contributed by atoms with E-state index < -0.39 is 0 Å². The molecule has 1 heterocycles. The van der Waals surface area contributed by atoms with Gasteiger partial charge in [-0.25, -0.2) is 4.98 Å². The second kappa shape index (κ2) is 4.98. The SMILES string of the molecule is Nc1nccn1-c1ccccc1Cc1ccccc1. The van der Waals surface area contributed by atoms with Crippen LogP contribution < -0.4 is 5.73 Å². The van der Waals surface area contributed by atoms with Crippen molar-refractivity contribution in [1.82, 2.24) is 9.55 Å². The number of imidazole rings is 1. The Kier molecular flexibility index (Phi) is 3.02. The third kappa shape index (κ3) is 2.36. The second-order valence-corrected chi connectivity index (χ2v) is 4.45. The monoisotopic (exact) mass is 249 g/mol. The molecule has 0 aliphatic rings. The summed E-state index contributed by atoms with van der Waals surface area (Å²) in [6.07, 6.45) is 4.49. The van der Waals surface area contributed by atoms with Gasteiger partial charge in [0.05, 0.1) is 5.69 Å². The van der Waals surface area contributed by atoms with Crippen LogP contribution in [-0.4, -0.2) is 9.55 Å². The predicted octanol–water partition coefficient (Wildman–Crippen LogP) is 3.05. The van der Waals surface area contributed by atoms with E-state index in [0.29, 0.717) is 5.95 Å². The fraction of sp³-hybridized carbons (Fsp3) is 0.0625. The summed E-state index contributed by atoms with van der Waals surface area (Å²) in [5.41, 5.74) is 9.49. The maximum absolute atomic E-state index is 5.89. The number of nitrogens with zero attached hydrogens (tertiary/aromatic N) is 2. The average Bonchev–Trinajstić information content (AvgIpc) is 2.87. The van der Waals surface area contributed by atoms with Crippen molar-refractivity contribution in [3.8, 4) is 5.69 Å². The zero-order valence-electron chi connectivity index (χ0n) is 10.5. The van der Waals surface area contributed by atoms with Gasteiger partial charge in [-0.1, -0.05) is 48.5 Å². The van der Waals surface area contributed by atoms with Crippen molar-refractivity contribution in [3.63, 3.8) is 0 Å². The number of benzene rings is 2. The van der Waals surface area contributed by atoms with Crippen molar-refractivity contribution in [2.45, 2.75) is 6.42 Å². The molecule has 0 radical (unpaired) electrons. The molecule has 19 heavy (non-hydrogen) atoms. The van der Waals surface area contributed by atoms with E-state index in [-0.39, 0.29) is 0 Å². The zero-order valence-corrected chi connectivity index (χ0v) is 10.5. The van der Waals surface area contributed by atoms with Crippen molar-refractivity contribution in [3.05, 3.63) is 78.1 Å². The van der Waals surface area contributed by atoms with Crippen LogP contribution in [0.5, 0.6) is 0 Å². The number of hydrogen-bond donors (Lipinski definition) is 1. The van der Waals surface area contributed by atoms with Crippen LogP contribution in [0.1, 0.15) is 11.1 Å². The first-order chi connectivity index (χ1) is 9.34. The van der Waals surface area contributed by atoms with Crippen molar-refractivity contribution < 1.29 is 0 Å². The van der Waals surface area contributed by atoms with E-state index >= 15 is 0 Å². The zero-order chi connectivity index (χ0) is 13.1. The standard InChI is InChI=1S/C16H15N3/c17-16-18-10-11-19(16)15-9-5-4-8-14(15)12-13-6-2-1-3-7-13/h1-11H,12H2,(H2,17,18). The molecule has 0 spiro atoms. The first-order valence-corrected chi connectivity index (χ1v) is 6.25. The Balaban J connectivity index is 2.01. The number of nitrogens with two attached hydrogens (primary N) is 1. The minimum atomic E-state index is 0.514. The lowest BCUT2D eigenvalue weighted by Gasteiger charge is -2.11. The predicted molar refractivity (Wildman–Crippen MR) is 77.2 cm³/mol. The van der Waals surface area contributed by atoms with Crippen molar-refractivity contribution in [1.29, 1.82) is 0 Å². The summed E-state index contributed by atoms with van der Waals surface area (Å²) in [6.45, 7) is 0. The lowest BCUT2D eigenvalue weighted by Crippen LogP contribution is -2.03. The van der Waals surface area contributed by atoms with Gasteiger partial charge >= 0.3 is 0 Å². The minimum Gasteiger partial charge on any atom is -0.369 e. The quantitative estimate of drug-likeness (QED) is 0.775. The van der Waals surface area contributed by atoms with E-state index in [4.69, 9.17) is 5.73 Å². The number of para-hydroxylation sites is 1. The van der Waals surface area contributed by atoms with Crippen LogP contribution in [0.4, 0.5) is 5.95 Å². The first-order valence-electron chi connectivity index (χ1n) is 6.25. The van der Waals surface area contributed by atoms with Gasteiger partial charge in [0.2, 0.25) is 5.95 Å². The van der Waals surface area contributed by atoms with E-state index in [1.165, 1.54) is 11.1 Å². The fourth-order valence-electron chi connectivity index (χ4n) is 2.23. The number of hydrogen-bond acceptors (Lipinski definition) is 2. The highest BCUT2D eigenvalue weighted by Crippen LogP contribution is 2.20. The Bertz CT molecular complexity index is 671. The molecule has 3 nitrogen and oxygen atoms in total. The molecule has 0 saturated carbocycles. The van der Waals surface area contributed by atoms with Gasteiger partial charge in [0.15, 0.2) is 0 Å². The second-order valence-electron chi connectivity index (χ2n) is 4.45. The molecule has 0 unspecified atom stereocenters. The molecule has 3 aromatic rings. The van der Waals surface area contributed by atoms with Crippen LogP contribution >= 0.6 is 0 Å². The lowest BCUT2D eigenvalue weighted by molar-refractivity contribution is 1.03. The maximum Gasteiger partial charge on any atom is 0.204 e. The number of anilines is 1. The topological polar surface area (TPSA) is 43.8 Å². The molecule has 3 rings (SSSR count). The molecular formula is C16H15N3. The van der Waals surface area contributed by atoms with Crippen molar-refractivity contribution in [2.24, 2.45) is 0 Å². The van der Waals surface area contributed by atoms with Gasteiger partial charge < -0.3 is 5.73 Å². The molecule has 2 N–H and O–H groups in total. The van der Waals surface area contributed by atoms with Gasteiger partial charge in [-0.2, -0.15) is 0 Å². The fourth-order valence-corrected chi connectivity index (χ4v) is 2.23. The third-order valence-electron chi connectivity index (χ3n) is 3.16. The van der Waals surface area contributed by atoms with Crippen LogP contribution in [0.2, 0.25) is 0 Å². The molecule has 0 amide bonds. The van der Waals surface area contributed by atoms with Crippen molar-refractivity contribution >= 4 is 5.95 Å². The van der Waals surface area contributed by atoms with Crippen molar-refractivity contribution in [2.75, 3.05) is 5.73 Å². The third-order valence-corrected chi connectivity index (χ3v) is 3.16. The van der Waals surface area contributed by atoms with Crippen LogP contribution in [-0.2, 0) is 6.42 Å². The molecular weight excluding hydrogens is 234 g/mol. The van der Waals surface area contributed by atoms with Gasteiger partial charge in [-0.05, 0) is 23.6 Å². The lowest BCUT2D eigenvalue weighted by atomic mass is 10.0. The minimum absolute atomic E-state index is 0.514. The molecule has 0 aliphatic carbocycles. The van der Waals surface area contributed by atoms with Crippen LogP contribution in [0.15, 0.2) is 67.0 Å². The Morgan fingerprint density at radius 3 is 2.42 bits per heavy atom. The van der Waals surface area contributed by atoms with Crippen LogP contribution in [0, 0.1) is 0 Å². The van der Waals surface area contributed by atoms with E-state index in [1.54, 1.807) is 6.20 Å². The first kappa shape index (κ1) is 11.5. The highest BCUT2D eigenvalue weighted by Gasteiger charge is 2.07. The Labute approximate surface area is 112 Å². The van der Waals surface area contributed by atoms with Crippen LogP contribution in [0.3, 0.4) is 0 Å². The molecule has 0 bridgehead atoms. The molecule has 0 saturated heterocycles. The largest absolute Gasteiger partial charge is 0.369 e. The molecule has 0 aliphatic heterocycles. The molecule has 2 aromatic carbocycles. The van der Waals surface area contributed by atoms with Gasteiger partial charge in [-0.15, -0.1) is 0 Å². The summed E-state index contributed by atoms with van der Waals surface area (Å²) in [7, 11) is 0. The van der Waals surface area contributed by atoms with Gasteiger partial charge in [0, 0.05) is 12.4 Å².